The van der Waals surface area contributed by atoms with Crippen molar-refractivity contribution >= 4 is 59.9 Å². The third kappa shape index (κ3) is 2.59. The van der Waals surface area contributed by atoms with Crippen molar-refractivity contribution in [3.8, 4) is 0 Å². The predicted molar refractivity (Wildman–Crippen MR) is 82.0 cm³/mol. The number of benzene rings is 2. The van der Waals surface area contributed by atoms with Gasteiger partial charge in [0.2, 0.25) is 0 Å². The van der Waals surface area contributed by atoms with Crippen LogP contribution in [-0.2, 0) is 0 Å². The number of halogens is 3. The second-order valence-corrected chi connectivity index (χ2v) is 6.09. The second-order valence-electron chi connectivity index (χ2n) is 3.86. The lowest BCUT2D eigenvalue weighted by Gasteiger charge is -2.05. The van der Waals surface area contributed by atoms with E-state index in [0.717, 1.165) is 14.9 Å². The van der Waals surface area contributed by atoms with Crippen molar-refractivity contribution in [1.29, 1.82) is 0 Å². The zero-order valence-corrected chi connectivity index (χ0v) is 12.6. The molecule has 0 aliphatic heterocycles. The van der Waals surface area contributed by atoms with Crippen LogP contribution in [0.25, 0.3) is 10.2 Å². The van der Waals surface area contributed by atoms with Gasteiger partial charge in [-0.15, -0.1) is 0 Å². The van der Waals surface area contributed by atoms with Gasteiger partial charge in [-0.25, -0.2) is 9.37 Å². The molecule has 1 N–H and O–H groups in total. The molecule has 1 heterocycles. The number of nitrogens with one attached hydrogen (secondary N) is 1. The first-order chi connectivity index (χ1) is 9.13. The molecular weight excluding hydrogens is 351 g/mol. The summed E-state index contributed by atoms with van der Waals surface area (Å²) in [6, 6.07) is 10.1. The van der Waals surface area contributed by atoms with Gasteiger partial charge in [0.25, 0.3) is 0 Å². The van der Waals surface area contributed by atoms with Crippen molar-refractivity contribution in [2.24, 2.45) is 0 Å². The Balaban J connectivity index is 1.99. The van der Waals surface area contributed by atoms with Crippen LogP contribution >= 0.6 is 38.9 Å². The number of fused-ring (bicyclic) bond motifs is 1. The molecule has 0 bridgehead atoms. The van der Waals surface area contributed by atoms with E-state index >= 15 is 0 Å². The van der Waals surface area contributed by atoms with Gasteiger partial charge in [0.1, 0.15) is 5.82 Å². The van der Waals surface area contributed by atoms with E-state index in [-0.39, 0.29) is 5.82 Å². The number of hydrogen-bond acceptors (Lipinski definition) is 3. The van der Waals surface area contributed by atoms with Crippen LogP contribution in [0.3, 0.4) is 0 Å². The molecule has 0 radical (unpaired) electrons. The fourth-order valence-electron chi connectivity index (χ4n) is 1.67. The number of aromatic nitrogens is 1. The molecule has 2 nitrogen and oxygen atoms in total. The summed E-state index contributed by atoms with van der Waals surface area (Å²) in [5.41, 5.74) is 1.47. The summed E-state index contributed by atoms with van der Waals surface area (Å²) >= 11 is 10.9. The molecule has 0 atom stereocenters. The van der Waals surface area contributed by atoms with Crippen molar-refractivity contribution in [3.05, 3.63) is 51.7 Å². The lowest BCUT2D eigenvalue weighted by atomic mass is 10.3. The first kappa shape index (κ1) is 12.8. The Morgan fingerprint density at radius 3 is 2.95 bits per heavy atom. The average Bonchev–Trinajstić information content (AvgIpc) is 2.76. The number of hydrogen-bond donors (Lipinski definition) is 1. The van der Waals surface area contributed by atoms with Crippen LogP contribution in [0.2, 0.25) is 5.02 Å². The highest BCUT2D eigenvalue weighted by atomic mass is 79.9. The largest absolute Gasteiger partial charge is 0.331 e. The number of nitrogens with zero attached hydrogens (tertiary/aromatic N) is 1. The van der Waals surface area contributed by atoms with E-state index in [1.165, 1.54) is 23.5 Å². The summed E-state index contributed by atoms with van der Waals surface area (Å²) in [6.07, 6.45) is 0. The third-order valence-electron chi connectivity index (χ3n) is 2.54. The van der Waals surface area contributed by atoms with E-state index in [9.17, 15) is 4.39 Å². The minimum atomic E-state index is -0.284. The highest BCUT2D eigenvalue weighted by Crippen LogP contribution is 2.34. The van der Waals surface area contributed by atoms with Crippen LogP contribution in [0, 0.1) is 5.82 Å². The highest BCUT2D eigenvalue weighted by Gasteiger charge is 2.08. The van der Waals surface area contributed by atoms with Crippen LogP contribution in [0.4, 0.5) is 15.2 Å². The molecule has 0 unspecified atom stereocenters. The Morgan fingerprint density at radius 2 is 2.11 bits per heavy atom. The van der Waals surface area contributed by atoms with Gasteiger partial charge < -0.3 is 5.32 Å². The monoisotopic (exact) mass is 356 g/mol. The lowest BCUT2D eigenvalue weighted by Crippen LogP contribution is -1.90. The Morgan fingerprint density at radius 1 is 1.26 bits per heavy atom. The quantitative estimate of drug-likeness (QED) is 0.646. The van der Waals surface area contributed by atoms with E-state index in [1.807, 2.05) is 12.1 Å². The fraction of sp³-hybridized carbons (Fsp3) is 0. The SMILES string of the molecule is Fc1ccc2sc(Nc3cccc(Cl)c3Br)nc2c1. The molecule has 96 valence electrons. The molecule has 1 aromatic heterocycles. The zero-order chi connectivity index (χ0) is 13.4. The van der Waals surface area contributed by atoms with Crippen molar-refractivity contribution in [2.45, 2.75) is 0 Å². The molecule has 6 heteroatoms. The smallest absolute Gasteiger partial charge is 0.188 e. The molecule has 19 heavy (non-hydrogen) atoms. The van der Waals surface area contributed by atoms with E-state index in [1.54, 1.807) is 12.1 Å². The molecule has 0 spiro atoms. The minimum Gasteiger partial charge on any atom is -0.331 e. The summed E-state index contributed by atoms with van der Waals surface area (Å²) in [5, 5.41) is 4.50. The van der Waals surface area contributed by atoms with Crippen LogP contribution < -0.4 is 5.32 Å². The predicted octanol–water partition coefficient (Wildman–Crippen LogP) is 5.59. The van der Waals surface area contributed by atoms with Crippen molar-refractivity contribution < 1.29 is 4.39 Å². The first-order valence-corrected chi connectivity index (χ1v) is 7.39. The van der Waals surface area contributed by atoms with Gasteiger partial charge in [-0.3, -0.25) is 0 Å². The van der Waals surface area contributed by atoms with Crippen LogP contribution in [0.1, 0.15) is 0 Å². The molecule has 3 rings (SSSR count). The third-order valence-corrected chi connectivity index (χ3v) is 4.89. The van der Waals surface area contributed by atoms with E-state index in [0.29, 0.717) is 15.7 Å². The van der Waals surface area contributed by atoms with Gasteiger partial charge in [-0.1, -0.05) is 29.0 Å². The summed E-state index contributed by atoms with van der Waals surface area (Å²) in [7, 11) is 0. The van der Waals surface area contributed by atoms with E-state index in [4.69, 9.17) is 11.6 Å². The molecule has 0 aliphatic rings. The van der Waals surface area contributed by atoms with Crippen molar-refractivity contribution in [3.63, 3.8) is 0 Å². The molecule has 3 aromatic rings. The summed E-state index contributed by atoms with van der Waals surface area (Å²) in [5.74, 6) is -0.284. The Bertz CT molecular complexity index is 759. The molecule has 0 aliphatic carbocycles. The Labute approximate surface area is 126 Å². The van der Waals surface area contributed by atoms with Gasteiger partial charge >= 0.3 is 0 Å². The molecule has 0 saturated heterocycles. The van der Waals surface area contributed by atoms with E-state index in [2.05, 4.69) is 26.2 Å². The van der Waals surface area contributed by atoms with Crippen molar-refractivity contribution in [1.82, 2.24) is 4.98 Å². The average molecular weight is 358 g/mol. The van der Waals surface area contributed by atoms with Crippen LogP contribution in [0.15, 0.2) is 40.9 Å². The summed E-state index contributed by atoms with van der Waals surface area (Å²) in [6.45, 7) is 0. The van der Waals surface area contributed by atoms with Gasteiger partial charge in [0.05, 0.1) is 25.4 Å². The highest BCUT2D eigenvalue weighted by molar-refractivity contribution is 9.10. The molecule has 0 fully saturated rings. The molecule has 0 saturated carbocycles. The van der Waals surface area contributed by atoms with Gasteiger partial charge in [-0.05, 0) is 40.2 Å². The molecular formula is C13H7BrClFN2S. The van der Waals surface area contributed by atoms with Crippen molar-refractivity contribution in [2.75, 3.05) is 5.32 Å². The van der Waals surface area contributed by atoms with Gasteiger partial charge in [0, 0.05) is 6.07 Å². The van der Waals surface area contributed by atoms with Gasteiger partial charge in [0.15, 0.2) is 5.13 Å². The Hall–Kier alpha value is -1.17. The number of rotatable bonds is 2. The van der Waals surface area contributed by atoms with Crippen LogP contribution in [-0.4, -0.2) is 4.98 Å². The molecule has 2 aromatic carbocycles. The lowest BCUT2D eigenvalue weighted by molar-refractivity contribution is 0.629. The number of thiazole rings is 1. The zero-order valence-electron chi connectivity index (χ0n) is 9.45. The van der Waals surface area contributed by atoms with E-state index < -0.39 is 0 Å². The normalized spacial score (nSPS) is 10.9. The topological polar surface area (TPSA) is 24.9 Å². The van der Waals surface area contributed by atoms with Gasteiger partial charge in [-0.2, -0.15) is 0 Å². The standard InChI is InChI=1S/C13H7BrClFN2S/c14-12-8(15)2-1-3-9(12)17-13-18-10-6-7(16)4-5-11(10)19-13/h1-6H,(H,17,18). The summed E-state index contributed by atoms with van der Waals surface area (Å²) in [4.78, 5) is 4.34. The fourth-order valence-corrected chi connectivity index (χ4v) is 3.07. The maximum atomic E-state index is 13.1. The first-order valence-electron chi connectivity index (χ1n) is 5.40. The maximum Gasteiger partial charge on any atom is 0.188 e. The minimum absolute atomic E-state index is 0.284. The van der Waals surface area contributed by atoms with Crippen LogP contribution in [0.5, 0.6) is 0 Å². The second kappa shape index (κ2) is 5.07. The molecule has 0 amide bonds. The summed E-state index contributed by atoms with van der Waals surface area (Å²) < 4.78 is 14.8. The maximum absolute atomic E-state index is 13.1. The number of anilines is 2. The Kier molecular flexibility index (Phi) is 3.43.